The molecule has 0 saturated carbocycles. The van der Waals surface area contributed by atoms with Gasteiger partial charge in [-0.15, -0.1) is 0 Å². The van der Waals surface area contributed by atoms with Gasteiger partial charge < -0.3 is 0 Å². The van der Waals surface area contributed by atoms with Crippen molar-refractivity contribution in [2.45, 2.75) is 78.5 Å². The molecule has 0 radical (unpaired) electrons. The highest BCUT2D eigenvalue weighted by Gasteiger charge is 2.49. The Morgan fingerprint density at radius 1 is 0.606 bits per heavy atom. The average molecular weight is 457 g/mol. The first-order valence-corrected chi connectivity index (χ1v) is 13.4. The van der Waals surface area contributed by atoms with E-state index >= 15 is 0 Å². The summed E-state index contributed by atoms with van der Waals surface area (Å²) in [7, 11) is -0.639. The van der Waals surface area contributed by atoms with Crippen LogP contribution < -0.4 is 5.30 Å². The van der Waals surface area contributed by atoms with Crippen molar-refractivity contribution in [2.75, 3.05) is 0 Å². The molecule has 2 heteroatoms. The predicted octanol–water partition coefficient (Wildman–Crippen LogP) is 8.28. The van der Waals surface area contributed by atoms with E-state index in [-0.39, 0.29) is 10.3 Å². The Morgan fingerprint density at radius 2 is 0.939 bits per heavy atom. The van der Waals surface area contributed by atoms with Gasteiger partial charge >= 0.3 is 0 Å². The van der Waals surface area contributed by atoms with Crippen molar-refractivity contribution in [3.8, 4) is 22.3 Å². The standard InChI is InChI=1S/C31H37OP/c1-20-12-9-13-21(2)27(20)25-16-11-17-26(28-22(3)14-10-15-23(28)4)29(25)33-30(5,6)18-24(32)19-31(33,7)8/h9-17H,18-19H2,1-8H3. The molecule has 1 aliphatic rings. The van der Waals surface area contributed by atoms with Crippen LogP contribution >= 0.6 is 7.92 Å². The first-order valence-electron chi connectivity index (χ1n) is 12.0. The molecule has 1 aliphatic heterocycles. The Labute approximate surface area is 201 Å². The first-order chi connectivity index (χ1) is 15.4. The third-order valence-corrected chi connectivity index (χ3v) is 10.9. The predicted molar refractivity (Wildman–Crippen MR) is 145 cm³/mol. The van der Waals surface area contributed by atoms with Gasteiger partial charge in [-0.2, -0.15) is 0 Å². The minimum atomic E-state index is -0.639. The number of benzene rings is 3. The molecule has 3 aromatic carbocycles. The van der Waals surface area contributed by atoms with E-state index in [1.807, 2.05) is 0 Å². The molecule has 0 unspecified atom stereocenters. The molecule has 1 fully saturated rings. The lowest BCUT2D eigenvalue weighted by Crippen LogP contribution is -2.44. The second-order valence-electron chi connectivity index (χ2n) is 11.1. The Morgan fingerprint density at radius 3 is 1.30 bits per heavy atom. The molecular formula is C31H37OP. The molecule has 1 nitrogen and oxygen atoms in total. The fraction of sp³-hybridized carbons (Fsp3) is 0.387. The second-order valence-corrected chi connectivity index (χ2v) is 14.6. The molecule has 3 aromatic rings. The molecule has 0 aliphatic carbocycles. The van der Waals surface area contributed by atoms with E-state index in [0.29, 0.717) is 18.6 Å². The molecule has 0 N–H and O–H groups in total. The summed E-state index contributed by atoms with van der Waals surface area (Å²) in [4.78, 5) is 12.8. The van der Waals surface area contributed by atoms with Gasteiger partial charge in [-0.1, -0.05) is 90.2 Å². The minimum absolute atomic E-state index is 0.0633. The average Bonchev–Trinajstić information content (AvgIpc) is 2.67. The van der Waals surface area contributed by atoms with Gasteiger partial charge in [0.15, 0.2) is 0 Å². The third-order valence-electron chi connectivity index (χ3n) is 7.23. The number of rotatable bonds is 3. The summed E-state index contributed by atoms with van der Waals surface area (Å²) in [5.74, 6) is 0.405. The zero-order valence-corrected chi connectivity index (χ0v) is 22.4. The maximum absolute atomic E-state index is 12.8. The number of aryl methyl sites for hydroxylation is 4. The molecule has 0 spiro atoms. The second kappa shape index (κ2) is 8.52. The highest BCUT2D eigenvalue weighted by molar-refractivity contribution is 7.69. The number of carbonyl (C=O) groups is 1. The van der Waals surface area contributed by atoms with Gasteiger partial charge in [0.1, 0.15) is 5.78 Å². The van der Waals surface area contributed by atoms with Crippen molar-refractivity contribution in [1.82, 2.24) is 0 Å². The summed E-state index contributed by atoms with van der Waals surface area (Å²) in [6.45, 7) is 18.2. The van der Waals surface area contributed by atoms with Crippen molar-refractivity contribution in [3.05, 3.63) is 76.9 Å². The van der Waals surface area contributed by atoms with Crippen molar-refractivity contribution in [1.29, 1.82) is 0 Å². The van der Waals surface area contributed by atoms with Crippen molar-refractivity contribution < 1.29 is 4.79 Å². The van der Waals surface area contributed by atoms with E-state index in [1.165, 1.54) is 49.8 Å². The quantitative estimate of drug-likeness (QED) is 0.362. The van der Waals surface area contributed by atoms with Gasteiger partial charge in [-0.25, -0.2) is 0 Å². The maximum atomic E-state index is 12.8. The van der Waals surface area contributed by atoms with Crippen LogP contribution in [-0.4, -0.2) is 16.1 Å². The molecule has 0 aromatic heterocycles. The first kappa shape index (κ1) is 23.9. The Balaban J connectivity index is 2.15. The molecule has 0 bridgehead atoms. The van der Waals surface area contributed by atoms with Crippen LogP contribution in [0.2, 0.25) is 0 Å². The monoisotopic (exact) mass is 456 g/mol. The zero-order chi connectivity index (χ0) is 24.1. The number of hydrogen-bond donors (Lipinski definition) is 0. The Bertz CT molecular complexity index is 1100. The molecular weight excluding hydrogens is 419 g/mol. The Kier molecular flexibility index (Phi) is 6.17. The summed E-state index contributed by atoms with van der Waals surface area (Å²) in [6, 6.07) is 20.1. The molecule has 0 amide bonds. The van der Waals surface area contributed by atoms with Crippen LogP contribution in [0.5, 0.6) is 0 Å². The van der Waals surface area contributed by atoms with Crippen LogP contribution in [0.25, 0.3) is 22.3 Å². The number of ketones is 1. The molecule has 172 valence electrons. The lowest BCUT2D eigenvalue weighted by molar-refractivity contribution is -0.120. The highest BCUT2D eigenvalue weighted by Crippen LogP contribution is 2.66. The molecule has 0 atom stereocenters. The van der Waals surface area contributed by atoms with E-state index in [4.69, 9.17) is 0 Å². The number of carbonyl (C=O) groups excluding carboxylic acids is 1. The van der Waals surface area contributed by atoms with E-state index in [9.17, 15) is 4.79 Å². The van der Waals surface area contributed by atoms with Crippen molar-refractivity contribution in [2.24, 2.45) is 0 Å². The molecule has 1 heterocycles. The van der Waals surface area contributed by atoms with Gasteiger partial charge in [0, 0.05) is 12.8 Å². The number of Topliss-reactive ketones (excluding diaryl/α,β-unsaturated/α-hetero) is 1. The van der Waals surface area contributed by atoms with Crippen LogP contribution in [-0.2, 0) is 4.79 Å². The van der Waals surface area contributed by atoms with E-state index in [0.717, 1.165) is 0 Å². The van der Waals surface area contributed by atoms with Crippen LogP contribution in [0.1, 0.15) is 62.8 Å². The Hall–Kier alpha value is -2.24. The van der Waals surface area contributed by atoms with E-state index < -0.39 is 7.92 Å². The van der Waals surface area contributed by atoms with Crippen molar-refractivity contribution in [3.63, 3.8) is 0 Å². The van der Waals surface area contributed by atoms with Gasteiger partial charge in [0.05, 0.1) is 0 Å². The van der Waals surface area contributed by atoms with Crippen LogP contribution in [0.3, 0.4) is 0 Å². The zero-order valence-electron chi connectivity index (χ0n) is 21.5. The fourth-order valence-corrected chi connectivity index (χ4v) is 10.6. The lowest BCUT2D eigenvalue weighted by atomic mass is 9.90. The fourth-order valence-electron chi connectivity index (χ4n) is 6.28. The van der Waals surface area contributed by atoms with E-state index in [1.54, 1.807) is 0 Å². The minimum Gasteiger partial charge on any atom is -0.300 e. The van der Waals surface area contributed by atoms with Crippen LogP contribution in [0.4, 0.5) is 0 Å². The summed E-state index contributed by atoms with van der Waals surface area (Å²) >= 11 is 0. The van der Waals surface area contributed by atoms with Crippen LogP contribution in [0.15, 0.2) is 54.6 Å². The topological polar surface area (TPSA) is 17.1 Å². The number of hydrogen-bond acceptors (Lipinski definition) is 1. The van der Waals surface area contributed by atoms with Gasteiger partial charge in [-0.3, -0.25) is 4.79 Å². The molecule has 33 heavy (non-hydrogen) atoms. The van der Waals surface area contributed by atoms with E-state index in [2.05, 4.69) is 110 Å². The van der Waals surface area contributed by atoms with Crippen LogP contribution in [0, 0.1) is 27.7 Å². The maximum Gasteiger partial charge on any atom is 0.134 e. The lowest BCUT2D eigenvalue weighted by Gasteiger charge is -2.50. The largest absolute Gasteiger partial charge is 0.300 e. The van der Waals surface area contributed by atoms with Gasteiger partial charge in [0.25, 0.3) is 0 Å². The molecule has 4 rings (SSSR count). The third kappa shape index (κ3) is 4.22. The SMILES string of the molecule is Cc1cccc(C)c1-c1cccc(-c2c(C)cccc2C)c1P1C(C)(C)CC(=O)CC1(C)C. The summed E-state index contributed by atoms with van der Waals surface area (Å²) < 4.78 is 0. The van der Waals surface area contributed by atoms with Crippen molar-refractivity contribution >= 4 is 19.0 Å². The van der Waals surface area contributed by atoms with Gasteiger partial charge in [0.2, 0.25) is 0 Å². The molecule has 1 saturated heterocycles. The highest BCUT2D eigenvalue weighted by atomic mass is 31.1. The summed E-state index contributed by atoms with van der Waals surface area (Å²) in [6.07, 6.45) is 1.32. The van der Waals surface area contributed by atoms with Gasteiger partial charge in [-0.05, 0) is 87.8 Å². The smallest absolute Gasteiger partial charge is 0.134 e. The normalized spacial score (nSPS) is 17.9. The summed E-state index contributed by atoms with van der Waals surface area (Å²) in [5, 5.41) is 1.35. The summed E-state index contributed by atoms with van der Waals surface area (Å²) in [5.41, 5.74) is 10.7.